The van der Waals surface area contributed by atoms with Crippen LogP contribution in [0.25, 0.3) is 0 Å². The number of nitrogens with one attached hydrogen (secondary N) is 2. The van der Waals surface area contributed by atoms with Crippen molar-refractivity contribution in [3.8, 4) is 0 Å². The predicted molar refractivity (Wildman–Crippen MR) is 144 cm³/mol. The lowest BCUT2D eigenvalue weighted by Gasteiger charge is -2.22. The Balaban J connectivity index is 1.66. The second-order valence-electron chi connectivity index (χ2n) is 8.71. The minimum absolute atomic E-state index is 0.0194. The molecular formula is C27H30N4O7S. The Bertz CT molecular complexity index is 1310. The van der Waals surface area contributed by atoms with E-state index in [4.69, 9.17) is 4.74 Å². The molecule has 0 fully saturated rings. The molecule has 11 nitrogen and oxygen atoms in total. The van der Waals surface area contributed by atoms with Crippen molar-refractivity contribution >= 4 is 27.7 Å². The first-order valence-corrected chi connectivity index (χ1v) is 13.6. The molecule has 12 heteroatoms. The Labute approximate surface area is 227 Å². The van der Waals surface area contributed by atoms with Crippen molar-refractivity contribution in [1.82, 2.24) is 14.9 Å². The quantitative estimate of drug-likeness (QED) is 0.242. The number of benzene rings is 3. The fourth-order valence-corrected chi connectivity index (χ4v) is 5.04. The smallest absolute Gasteiger partial charge is 0.407 e. The highest BCUT2D eigenvalue weighted by Crippen LogP contribution is 2.25. The number of carbonyl (C=O) groups is 2. The zero-order valence-corrected chi connectivity index (χ0v) is 22.2. The zero-order valence-electron chi connectivity index (χ0n) is 21.4. The van der Waals surface area contributed by atoms with Crippen molar-refractivity contribution in [2.75, 3.05) is 13.6 Å². The highest BCUT2D eigenvalue weighted by atomic mass is 32.2. The molecule has 206 valence electrons. The molecule has 0 aliphatic carbocycles. The monoisotopic (exact) mass is 554 g/mol. The summed E-state index contributed by atoms with van der Waals surface area (Å²) in [6.07, 6.45) is -0.841. The molecule has 0 aliphatic rings. The fraction of sp³-hybridized carbons (Fsp3) is 0.259. The summed E-state index contributed by atoms with van der Waals surface area (Å²) in [5.41, 5.74) is 1.14. The number of amides is 2. The third-order valence-electron chi connectivity index (χ3n) is 5.84. The maximum Gasteiger partial charge on any atom is 0.407 e. The largest absolute Gasteiger partial charge is 0.445 e. The van der Waals surface area contributed by atoms with E-state index in [9.17, 15) is 28.1 Å². The first-order chi connectivity index (χ1) is 18.7. The van der Waals surface area contributed by atoms with Crippen LogP contribution in [0, 0.1) is 10.1 Å². The number of ether oxygens (including phenoxy) is 1. The maximum absolute atomic E-state index is 13.1. The first-order valence-electron chi connectivity index (χ1n) is 12.1. The molecule has 3 aromatic rings. The summed E-state index contributed by atoms with van der Waals surface area (Å²) in [6, 6.07) is 22.6. The van der Waals surface area contributed by atoms with Crippen LogP contribution in [0.5, 0.6) is 0 Å². The number of alkyl carbamates (subject to hydrolysis) is 1. The fourth-order valence-electron chi connectivity index (χ4n) is 3.70. The Morgan fingerprint density at radius 2 is 1.54 bits per heavy atom. The summed E-state index contributed by atoms with van der Waals surface area (Å²) in [6.45, 7) is 0.187. The summed E-state index contributed by atoms with van der Waals surface area (Å²) < 4.78 is 32.4. The van der Waals surface area contributed by atoms with Crippen molar-refractivity contribution in [3.63, 3.8) is 0 Å². The molecule has 0 heterocycles. The highest BCUT2D eigenvalue weighted by Gasteiger charge is 2.30. The number of hydrogen-bond donors (Lipinski definition) is 2. The standard InChI is InChI=1S/C27H30N4O7S/c1-30(39(36,37)25-15-9-8-14-24(25)31(34)35)17-16-23(18-26(32)28-19-21-10-4-2-5-11-21)29-27(33)38-20-22-12-6-3-7-13-22/h2-15,23H,16-20H2,1H3,(H,28,32)(H,29,33)/t23-/m0/s1. The van der Waals surface area contributed by atoms with Crippen LogP contribution in [-0.2, 0) is 32.7 Å². The molecule has 0 radical (unpaired) electrons. The number of hydrogen-bond acceptors (Lipinski definition) is 7. The Morgan fingerprint density at radius 1 is 0.949 bits per heavy atom. The van der Waals surface area contributed by atoms with Crippen molar-refractivity contribution in [1.29, 1.82) is 0 Å². The minimum Gasteiger partial charge on any atom is -0.445 e. The predicted octanol–water partition coefficient (Wildman–Crippen LogP) is 3.61. The summed E-state index contributed by atoms with van der Waals surface area (Å²) >= 11 is 0. The SMILES string of the molecule is CN(CC[C@@H](CC(=O)NCc1ccccc1)NC(=O)OCc1ccccc1)S(=O)(=O)c1ccccc1[N+](=O)[O-]. The molecule has 0 bridgehead atoms. The van der Waals surface area contributed by atoms with Gasteiger partial charge in [0.1, 0.15) is 6.61 Å². The van der Waals surface area contributed by atoms with E-state index in [0.29, 0.717) is 0 Å². The van der Waals surface area contributed by atoms with Gasteiger partial charge in [0.15, 0.2) is 4.90 Å². The van der Waals surface area contributed by atoms with Crippen LogP contribution >= 0.6 is 0 Å². The molecule has 39 heavy (non-hydrogen) atoms. The molecule has 0 saturated heterocycles. The van der Waals surface area contributed by atoms with Crippen LogP contribution in [0.4, 0.5) is 10.5 Å². The topological polar surface area (TPSA) is 148 Å². The normalized spacial score (nSPS) is 11.9. The van der Waals surface area contributed by atoms with E-state index in [-0.39, 0.29) is 38.4 Å². The third-order valence-corrected chi connectivity index (χ3v) is 7.75. The van der Waals surface area contributed by atoms with Crippen LogP contribution in [-0.4, -0.2) is 49.3 Å². The molecule has 3 rings (SSSR count). The maximum atomic E-state index is 13.1. The van der Waals surface area contributed by atoms with E-state index in [1.165, 1.54) is 19.2 Å². The molecule has 2 amide bonds. The van der Waals surface area contributed by atoms with Crippen molar-refractivity contribution in [2.24, 2.45) is 0 Å². The minimum atomic E-state index is -4.21. The van der Waals surface area contributed by atoms with Gasteiger partial charge in [-0.25, -0.2) is 17.5 Å². The van der Waals surface area contributed by atoms with Crippen molar-refractivity contribution in [2.45, 2.75) is 36.9 Å². The van der Waals surface area contributed by atoms with Crippen LogP contribution in [0.1, 0.15) is 24.0 Å². The Kier molecular flexibility index (Phi) is 10.5. The van der Waals surface area contributed by atoms with Gasteiger partial charge in [0.05, 0.1) is 4.92 Å². The highest BCUT2D eigenvalue weighted by molar-refractivity contribution is 7.89. The zero-order chi connectivity index (χ0) is 28.3. The van der Waals surface area contributed by atoms with Gasteiger partial charge in [-0.2, -0.15) is 0 Å². The summed E-state index contributed by atoms with van der Waals surface area (Å²) in [5.74, 6) is -0.351. The lowest BCUT2D eigenvalue weighted by atomic mass is 10.1. The number of para-hydroxylation sites is 1. The Hall–Kier alpha value is -4.29. The summed E-state index contributed by atoms with van der Waals surface area (Å²) in [5, 5.41) is 16.8. The summed E-state index contributed by atoms with van der Waals surface area (Å²) in [7, 11) is -2.93. The van der Waals surface area contributed by atoms with Gasteiger partial charge in [0, 0.05) is 38.7 Å². The van der Waals surface area contributed by atoms with E-state index >= 15 is 0 Å². The van der Waals surface area contributed by atoms with Gasteiger partial charge in [-0.05, 0) is 23.6 Å². The van der Waals surface area contributed by atoms with Gasteiger partial charge < -0.3 is 15.4 Å². The molecule has 3 aromatic carbocycles. The van der Waals surface area contributed by atoms with E-state index in [1.54, 1.807) is 12.1 Å². The number of carbonyl (C=O) groups excluding carboxylic acids is 2. The van der Waals surface area contributed by atoms with Crippen LogP contribution in [0.2, 0.25) is 0 Å². The second kappa shape index (κ2) is 14.0. The van der Waals surface area contributed by atoms with E-state index in [0.717, 1.165) is 27.6 Å². The Morgan fingerprint density at radius 3 is 2.18 bits per heavy atom. The number of nitro groups is 1. The average Bonchev–Trinajstić information content (AvgIpc) is 2.94. The second-order valence-corrected chi connectivity index (χ2v) is 10.7. The lowest BCUT2D eigenvalue weighted by Crippen LogP contribution is -2.41. The molecule has 0 aromatic heterocycles. The third kappa shape index (κ3) is 8.90. The van der Waals surface area contributed by atoms with Gasteiger partial charge in [-0.1, -0.05) is 72.8 Å². The van der Waals surface area contributed by atoms with Gasteiger partial charge in [-0.15, -0.1) is 0 Å². The number of nitro benzene ring substituents is 1. The van der Waals surface area contributed by atoms with Crippen molar-refractivity contribution < 1.29 is 27.7 Å². The summed E-state index contributed by atoms with van der Waals surface area (Å²) in [4.78, 5) is 35.3. The molecule has 0 aliphatic heterocycles. The van der Waals surface area contributed by atoms with Crippen LogP contribution in [0.3, 0.4) is 0 Å². The molecule has 1 atom stereocenters. The lowest BCUT2D eigenvalue weighted by molar-refractivity contribution is -0.387. The van der Waals surface area contributed by atoms with Gasteiger partial charge in [0.2, 0.25) is 15.9 Å². The number of nitrogens with zero attached hydrogens (tertiary/aromatic N) is 2. The first kappa shape index (κ1) is 29.3. The molecule has 2 N–H and O–H groups in total. The molecule has 0 spiro atoms. The van der Waals surface area contributed by atoms with E-state index in [1.807, 2.05) is 48.5 Å². The van der Waals surface area contributed by atoms with Crippen LogP contribution < -0.4 is 10.6 Å². The number of sulfonamides is 1. The van der Waals surface area contributed by atoms with Gasteiger partial charge in [-0.3, -0.25) is 14.9 Å². The molecule has 0 saturated carbocycles. The van der Waals surface area contributed by atoms with Gasteiger partial charge >= 0.3 is 6.09 Å². The number of rotatable bonds is 13. The molecule has 0 unspecified atom stereocenters. The van der Waals surface area contributed by atoms with Crippen molar-refractivity contribution in [3.05, 3.63) is 106 Å². The van der Waals surface area contributed by atoms with E-state index < -0.39 is 37.7 Å². The average molecular weight is 555 g/mol. The molecular weight excluding hydrogens is 524 g/mol. The van der Waals surface area contributed by atoms with Gasteiger partial charge in [0.25, 0.3) is 5.69 Å². The van der Waals surface area contributed by atoms with E-state index in [2.05, 4.69) is 10.6 Å². The van der Waals surface area contributed by atoms with Crippen LogP contribution in [0.15, 0.2) is 89.8 Å².